The Labute approximate surface area is 248 Å². The molecule has 0 saturated carbocycles. The molecule has 3 aliphatic rings. The Hall–Kier alpha value is -5.24. The number of hydrogen-bond acceptors (Lipinski definition) is 6. The number of amides is 3. The molecule has 0 unspecified atom stereocenters. The number of nitrogens with zero attached hydrogens (tertiary/aromatic N) is 2. The van der Waals surface area contributed by atoms with Gasteiger partial charge in [0.25, 0.3) is 11.8 Å². The summed E-state index contributed by atoms with van der Waals surface area (Å²) in [6.07, 6.45) is 0.0620. The predicted octanol–water partition coefficient (Wildman–Crippen LogP) is 5.62. The van der Waals surface area contributed by atoms with Gasteiger partial charge in [0, 0.05) is 25.3 Å². The molecule has 1 heterocycles. The molecule has 4 aromatic rings. The van der Waals surface area contributed by atoms with Crippen LogP contribution in [0.4, 0.5) is 4.79 Å². The lowest BCUT2D eigenvalue weighted by Crippen LogP contribution is -2.40. The third kappa shape index (κ3) is 4.95. The van der Waals surface area contributed by atoms with Gasteiger partial charge in [-0.05, 0) is 56.5 Å². The lowest BCUT2D eigenvalue weighted by molar-refractivity contribution is -0.197. The van der Waals surface area contributed by atoms with Crippen molar-refractivity contribution in [2.45, 2.75) is 31.7 Å². The average Bonchev–Trinajstić information content (AvgIpc) is 3.66. The van der Waals surface area contributed by atoms with Gasteiger partial charge in [0.2, 0.25) is 0 Å². The second-order valence-corrected chi connectivity index (χ2v) is 11.0. The summed E-state index contributed by atoms with van der Waals surface area (Å²) in [5.41, 5.74) is 9.92. The fourth-order valence-corrected chi connectivity index (χ4v) is 6.33. The van der Waals surface area contributed by atoms with Crippen molar-refractivity contribution in [3.05, 3.63) is 119 Å². The maximum Gasteiger partial charge on any atom is 0.410 e. The van der Waals surface area contributed by atoms with Crippen LogP contribution >= 0.6 is 0 Å². The molecule has 0 N–H and O–H groups in total. The van der Waals surface area contributed by atoms with Gasteiger partial charge in [-0.3, -0.25) is 14.5 Å². The van der Waals surface area contributed by atoms with Gasteiger partial charge >= 0.3 is 12.1 Å². The van der Waals surface area contributed by atoms with Crippen LogP contribution in [-0.4, -0.2) is 47.0 Å². The van der Waals surface area contributed by atoms with Crippen LogP contribution in [0.15, 0.2) is 91.0 Å². The van der Waals surface area contributed by atoms with Crippen LogP contribution in [0.2, 0.25) is 0 Å². The number of ether oxygens (including phenoxy) is 1. The van der Waals surface area contributed by atoms with Gasteiger partial charge in [0.05, 0.1) is 0 Å². The van der Waals surface area contributed by atoms with Crippen molar-refractivity contribution in [1.82, 2.24) is 9.96 Å². The van der Waals surface area contributed by atoms with E-state index in [9.17, 15) is 19.2 Å². The number of hydrogen-bond donors (Lipinski definition) is 0. The summed E-state index contributed by atoms with van der Waals surface area (Å²) in [4.78, 5) is 56.8. The van der Waals surface area contributed by atoms with E-state index in [1.54, 1.807) is 0 Å². The van der Waals surface area contributed by atoms with Crippen molar-refractivity contribution < 1.29 is 28.8 Å². The quantitative estimate of drug-likeness (QED) is 0.235. The first-order valence-corrected chi connectivity index (χ1v) is 14.3. The van der Waals surface area contributed by atoms with Gasteiger partial charge in [-0.2, -0.15) is 0 Å². The SMILES string of the molecule is O=C(CN(Cc1ccc2c(c1)Cc1ccccc1-2)C(=O)OCC1c2ccccc2-c2ccccc21)ON1C(=O)CCC1=O. The van der Waals surface area contributed by atoms with Crippen molar-refractivity contribution in [1.29, 1.82) is 0 Å². The van der Waals surface area contributed by atoms with Crippen LogP contribution < -0.4 is 0 Å². The molecule has 0 radical (unpaired) electrons. The molecule has 0 bridgehead atoms. The first kappa shape index (κ1) is 26.6. The summed E-state index contributed by atoms with van der Waals surface area (Å²) >= 11 is 0. The molecule has 43 heavy (non-hydrogen) atoms. The molecule has 1 saturated heterocycles. The maximum atomic E-state index is 13.6. The average molecular weight is 573 g/mol. The molecule has 4 aromatic carbocycles. The number of carbonyl (C=O) groups excluding carboxylic acids is 4. The molecule has 1 fully saturated rings. The summed E-state index contributed by atoms with van der Waals surface area (Å²) in [5, 5.41) is 0.491. The molecular formula is C35H28N2O6. The zero-order valence-corrected chi connectivity index (χ0v) is 23.3. The Bertz CT molecular complexity index is 1740. The molecule has 7 rings (SSSR count). The van der Waals surface area contributed by atoms with Crippen molar-refractivity contribution in [2.24, 2.45) is 0 Å². The number of benzene rings is 4. The molecular weight excluding hydrogens is 544 g/mol. The van der Waals surface area contributed by atoms with Crippen molar-refractivity contribution in [3.63, 3.8) is 0 Å². The second-order valence-electron chi connectivity index (χ2n) is 11.0. The molecule has 1 aliphatic heterocycles. The van der Waals surface area contributed by atoms with E-state index in [1.165, 1.54) is 16.0 Å². The molecule has 2 aliphatic carbocycles. The highest BCUT2D eigenvalue weighted by Gasteiger charge is 2.34. The Morgan fingerprint density at radius 3 is 2.05 bits per heavy atom. The van der Waals surface area contributed by atoms with E-state index in [0.717, 1.165) is 45.4 Å². The number of carbonyl (C=O) groups is 4. The van der Waals surface area contributed by atoms with Crippen molar-refractivity contribution in [2.75, 3.05) is 13.2 Å². The van der Waals surface area contributed by atoms with Crippen LogP contribution in [-0.2, 0) is 36.9 Å². The minimum Gasteiger partial charge on any atom is -0.448 e. The lowest BCUT2D eigenvalue weighted by atomic mass is 9.98. The van der Waals surface area contributed by atoms with E-state index in [1.807, 2.05) is 66.7 Å². The van der Waals surface area contributed by atoms with Crippen molar-refractivity contribution in [3.8, 4) is 22.3 Å². The third-order valence-corrected chi connectivity index (χ3v) is 8.34. The summed E-state index contributed by atoms with van der Waals surface area (Å²) in [6, 6.07) is 30.4. The summed E-state index contributed by atoms with van der Waals surface area (Å²) < 4.78 is 5.86. The molecule has 0 atom stereocenters. The first-order valence-electron chi connectivity index (χ1n) is 14.3. The van der Waals surface area contributed by atoms with E-state index in [2.05, 4.69) is 24.3 Å². The first-order chi connectivity index (χ1) is 21.0. The molecule has 8 heteroatoms. The molecule has 8 nitrogen and oxygen atoms in total. The Morgan fingerprint density at radius 2 is 1.35 bits per heavy atom. The highest BCUT2D eigenvalue weighted by atomic mass is 16.7. The zero-order valence-electron chi connectivity index (χ0n) is 23.3. The number of imide groups is 1. The third-order valence-electron chi connectivity index (χ3n) is 8.34. The topological polar surface area (TPSA) is 93.2 Å². The van der Waals surface area contributed by atoms with E-state index in [4.69, 9.17) is 9.57 Å². The fourth-order valence-electron chi connectivity index (χ4n) is 6.33. The van der Waals surface area contributed by atoms with E-state index >= 15 is 0 Å². The molecule has 0 spiro atoms. The minimum absolute atomic E-state index is 0.0142. The van der Waals surface area contributed by atoms with Gasteiger partial charge in [-0.1, -0.05) is 91.0 Å². The van der Waals surface area contributed by atoms with Gasteiger partial charge in [0.1, 0.15) is 13.2 Å². The van der Waals surface area contributed by atoms with Crippen molar-refractivity contribution >= 4 is 23.9 Å². The normalized spacial score (nSPS) is 14.7. The predicted molar refractivity (Wildman–Crippen MR) is 157 cm³/mol. The highest BCUT2D eigenvalue weighted by molar-refractivity contribution is 6.01. The highest BCUT2D eigenvalue weighted by Crippen LogP contribution is 2.44. The monoisotopic (exact) mass is 572 g/mol. The van der Waals surface area contributed by atoms with Crippen LogP contribution in [0.1, 0.15) is 46.6 Å². The number of fused-ring (bicyclic) bond motifs is 6. The van der Waals surface area contributed by atoms with Gasteiger partial charge in [-0.25, -0.2) is 9.59 Å². The lowest BCUT2D eigenvalue weighted by Gasteiger charge is -2.24. The van der Waals surface area contributed by atoms with E-state index in [-0.39, 0.29) is 31.9 Å². The van der Waals surface area contributed by atoms with Gasteiger partial charge in [0.15, 0.2) is 0 Å². The van der Waals surface area contributed by atoms with E-state index < -0.39 is 30.4 Å². The smallest absolute Gasteiger partial charge is 0.410 e. The summed E-state index contributed by atoms with van der Waals surface area (Å²) in [6.45, 7) is -0.330. The van der Waals surface area contributed by atoms with Crippen LogP contribution in [0.25, 0.3) is 22.3 Å². The van der Waals surface area contributed by atoms with E-state index in [0.29, 0.717) is 5.06 Å². The number of rotatable bonds is 7. The summed E-state index contributed by atoms with van der Waals surface area (Å²) in [5.74, 6) is -2.21. The Balaban J connectivity index is 1.11. The Kier molecular flexibility index (Phi) is 6.74. The van der Waals surface area contributed by atoms with Crippen LogP contribution in [0.3, 0.4) is 0 Å². The second kappa shape index (κ2) is 10.9. The molecule has 0 aromatic heterocycles. The largest absolute Gasteiger partial charge is 0.448 e. The molecule has 3 amide bonds. The zero-order chi connectivity index (χ0) is 29.5. The molecule has 214 valence electrons. The summed E-state index contributed by atoms with van der Waals surface area (Å²) in [7, 11) is 0. The van der Waals surface area contributed by atoms with Gasteiger partial charge in [-0.15, -0.1) is 5.06 Å². The Morgan fingerprint density at radius 1 is 0.744 bits per heavy atom. The maximum absolute atomic E-state index is 13.6. The fraction of sp³-hybridized carbons (Fsp3) is 0.200. The number of hydroxylamine groups is 2. The van der Waals surface area contributed by atoms with Crippen LogP contribution in [0, 0.1) is 0 Å². The van der Waals surface area contributed by atoms with Crippen LogP contribution in [0.5, 0.6) is 0 Å². The van der Waals surface area contributed by atoms with Gasteiger partial charge < -0.3 is 9.57 Å². The minimum atomic E-state index is -0.898. The standard InChI is InChI=1S/C35H28N2O6/c38-32-15-16-33(39)37(32)43-34(40)20-36(19-22-13-14-26-24(17-22)18-23-7-1-2-8-25(23)26)35(41)42-21-31-29-11-5-3-9-27(29)28-10-4-6-12-30(28)31/h1-14,17,31H,15-16,18-21H2.